The van der Waals surface area contributed by atoms with Gasteiger partial charge in [-0.25, -0.2) is 4.98 Å². The van der Waals surface area contributed by atoms with E-state index < -0.39 is 0 Å². The van der Waals surface area contributed by atoms with Gasteiger partial charge in [-0.1, -0.05) is 18.2 Å². The number of carbonyl (C=O) groups is 1. The lowest BCUT2D eigenvalue weighted by Gasteiger charge is -2.32. The maximum atomic E-state index is 13.2. The maximum absolute atomic E-state index is 13.2. The number of aromatic nitrogens is 2. The Morgan fingerprint density at radius 1 is 1.19 bits per heavy atom. The fourth-order valence-electron chi connectivity index (χ4n) is 4.40. The van der Waals surface area contributed by atoms with Gasteiger partial charge in [-0.15, -0.1) is 0 Å². The van der Waals surface area contributed by atoms with E-state index in [1.807, 2.05) is 68.3 Å². The molecule has 32 heavy (non-hydrogen) atoms. The van der Waals surface area contributed by atoms with Crippen molar-refractivity contribution in [2.24, 2.45) is 0 Å². The van der Waals surface area contributed by atoms with Gasteiger partial charge in [-0.05, 0) is 75.0 Å². The van der Waals surface area contributed by atoms with Crippen LogP contribution >= 0.6 is 0 Å². The van der Waals surface area contributed by atoms with Crippen LogP contribution in [-0.4, -0.2) is 40.9 Å². The number of aromatic amines is 1. The van der Waals surface area contributed by atoms with Crippen molar-refractivity contribution in [3.8, 4) is 17.5 Å². The quantitative estimate of drug-likeness (QED) is 0.636. The highest BCUT2D eigenvalue weighted by molar-refractivity contribution is 5.95. The van der Waals surface area contributed by atoms with Gasteiger partial charge in [0.05, 0.1) is 17.3 Å². The van der Waals surface area contributed by atoms with Crippen LogP contribution < -0.4 is 5.32 Å². The predicted octanol–water partition coefficient (Wildman–Crippen LogP) is 4.30. The molecule has 0 spiro atoms. The molecule has 6 heteroatoms. The fraction of sp³-hybridized carbons (Fsp3) is 0.346. The molecule has 3 aromatic rings. The predicted molar refractivity (Wildman–Crippen MR) is 125 cm³/mol. The Hall–Kier alpha value is -3.43. The molecule has 1 aliphatic heterocycles. The Kier molecular flexibility index (Phi) is 6.38. The Morgan fingerprint density at radius 3 is 2.56 bits per heavy atom. The molecule has 4 rings (SSSR count). The second-order valence-corrected chi connectivity index (χ2v) is 8.52. The number of nitrogens with one attached hydrogen (secondary N) is 2. The Morgan fingerprint density at radius 2 is 1.91 bits per heavy atom. The lowest BCUT2D eigenvalue weighted by atomic mass is 9.89. The monoisotopic (exact) mass is 427 g/mol. The Labute approximate surface area is 189 Å². The van der Waals surface area contributed by atoms with Crippen LogP contribution in [0.3, 0.4) is 0 Å². The Balaban J connectivity index is 1.47. The van der Waals surface area contributed by atoms with Crippen LogP contribution in [0.1, 0.15) is 57.2 Å². The second-order valence-electron chi connectivity index (χ2n) is 8.52. The van der Waals surface area contributed by atoms with Crippen molar-refractivity contribution in [3.05, 3.63) is 76.1 Å². The average Bonchev–Trinajstić information content (AvgIpc) is 3.19. The van der Waals surface area contributed by atoms with E-state index in [9.17, 15) is 4.79 Å². The number of amides is 1. The number of aryl methyl sites for hydroxylation is 2. The molecule has 0 atom stereocenters. The third kappa shape index (κ3) is 4.44. The molecule has 0 bridgehead atoms. The van der Waals surface area contributed by atoms with Crippen molar-refractivity contribution < 1.29 is 4.79 Å². The van der Waals surface area contributed by atoms with Gasteiger partial charge in [0, 0.05) is 36.5 Å². The molecule has 1 aromatic heterocycles. The largest absolute Gasteiger partial charge is 0.342 e. The highest BCUT2D eigenvalue weighted by atomic mass is 16.2. The molecule has 1 fully saturated rings. The minimum absolute atomic E-state index is 0.0725. The standard InChI is InChI=1S/C26H29N5O/c1-17-4-7-22(14-23(17)25-29-18(2)24(30-25)16-28-3)26(32)31-12-10-21(11-13-31)20-8-5-19(15-27)6-9-20/h4-9,14,21,28H,10-13,16H2,1-3H3,(H,29,30). The van der Waals surface area contributed by atoms with Gasteiger partial charge in [0.1, 0.15) is 5.82 Å². The number of imidazole rings is 1. The van der Waals surface area contributed by atoms with Crippen LogP contribution in [0, 0.1) is 25.2 Å². The lowest BCUT2D eigenvalue weighted by Crippen LogP contribution is -2.37. The molecule has 0 saturated carbocycles. The molecule has 2 heterocycles. The molecule has 2 aromatic carbocycles. The summed E-state index contributed by atoms with van der Waals surface area (Å²) in [4.78, 5) is 23.3. The normalized spacial score (nSPS) is 14.4. The van der Waals surface area contributed by atoms with E-state index >= 15 is 0 Å². The van der Waals surface area contributed by atoms with Crippen molar-refractivity contribution in [2.45, 2.75) is 39.2 Å². The molecule has 0 radical (unpaired) electrons. The van der Waals surface area contributed by atoms with E-state index in [0.29, 0.717) is 23.6 Å². The zero-order chi connectivity index (χ0) is 22.7. The summed E-state index contributed by atoms with van der Waals surface area (Å²) in [7, 11) is 1.91. The van der Waals surface area contributed by atoms with E-state index in [2.05, 4.69) is 16.4 Å². The van der Waals surface area contributed by atoms with Gasteiger partial charge in [0.15, 0.2) is 0 Å². The lowest BCUT2D eigenvalue weighted by molar-refractivity contribution is 0.0713. The summed E-state index contributed by atoms with van der Waals surface area (Å²) in [5.74, 6) is 1.31. The Bertz CT molecular complexity index is 1150. The average molecular weight is 428 g/mol. The highest BCUT2D eigenvalue weighted by Crippen LogP contribution is 2.30. The van der Waals surface area contributed by atoms with Crippen molar-refractivity contribution in [1.29, 1.82) is 5.26 Å². The van der Waals surface area contributed by atoms with Gasteiger partial charge in [0.2, 0.25) is 0 Å². The zero-order valence-electron chi connectivity index (χ0n) is 18.9. The fourth-order valence-corrected chi connectivity index (χ4v) is 4.40. The van der Waals surface area contributed by atoms with Crippen LogP contribution in [-0.2, 0) is 6.54 Å². The number of nitriles is 1. The van der Waals surface area contributed by atoms with E-state index in [1.165, 1.54) is 5.56 Å². The van der Waals surface area contributed by atoms with Crippen molar-refractivity contribution in [3.63, 3.8) is 0 Å². The SMILES string of the molecule is CNCc1nc(-c2cc(C(=O)N3CCC(c4ccc(C#N)cc4)CC3)ccc2C)[nH]c1C. The number of carbonyl (C=O) groups excluding carboxylic acids is 1. The van der Waals surface area contributed by atoms with E-state index in [4.69, 9.17) is 10.2 Å². The molecule has 0 unspecified atom stereocenters. The van der Waals surface area contributed by atoms with Crippen molar-refractivity contribution in [1.82, 2.24) is 20.2 Å². The molecule has 0 aliphatic carbocycles. The number of H-pyrrole nitrogens is 1. The van der Waals surface area contributed by atoms with Crippen LogP contribution in [0.2, 0.25) is 0 Å². The molecule has 1 amide bonds. The first-order valence-corrected chi connectivity index (χ1v) is 11.1. The van der Waals surface area contributed by atoms with Crippen LogP contribution in [0.25, 0.3) is 11.4 Å². The minimum atomic E-state index is 0.0725. The summed E-state index contributed by atoms with van der Waals surface area (Å²) in [5, 5.41) is 12.1. The third-order valence-corrected chi connectivity index (χ3v) is 6.36. The van der Waals surface area contributed by atoms with Gasteiger partial charge < -0.3 is 15.2 Å². The third-order valence-electron chi connectivity index (χ3n) is 6.36. The van der Waals surface area contributed by atoms with Crippen molar-refractivity contribution in [2.75, 3.05) is 20.1 Å². The summed E-state index contributed by atoms with van der Waals surface area (Å²) >= 11 is 0. The van der Waals surface area contributed by atoms with Crippen LogP contribution in [0.4, 0.5) is 0 Å². The van der Waals surface area contributed by atoms with E-state index in [-0.39, 0.29) is 5.91 Å². The van der Waals surface area contributed by atoms with Gasteiger partial charge in [-0.2, -0.15) is 5.26 Å². The molecule has 2 N–H and O–H groups in total. The van der Waals surface area contributed by atoms with Gasteiger partial charge in [0.25, 0.3) is 5.91 Å². The first-order valence-electron chi connectivity index (χ1n) is 11.1. The maximum Gasteiger partial charge on any atom is 0.253 e. The first kappa shape index (κ1) is 21.8. The smallest absolute Gasteiger partial charge is 0.253 e. The van der Waals surface area contributed by atoms with Crippen molar-refractivity contribution >= 4 is 5.91 Å². The van der Waals surface area contributed by atoms with Crippen LogP contribution in [0.5, 0.6) is 0 Å². The number of nitrogens with zero attached hydrogens (tertiary/aromatic N) is 3. The minimum Gasteiger partial charge on any atom is -0.342 e. The number of benzene rings is 2. The number of hydrogen-bond acceptors (Lipinski definition) is 4. The highest BCUT2D eigenvalue weighted by Gasteiger charge is 2.25. The number of piperidine rings is 1. The summed E-state index contributed by atoms with van der Waals surface area (Å²) in [6.45, 7) is 6.24. The second kappa shape index (κ2) is 9.37. The summed E-state index contributed by atoms with van der Waals surface area (Å²) in [5.41, 5.74) is 6.71. The van der Waals surface area contributed by atoms with Gasteiger partial charge >= 0.3 is 0 Å². The zero-order valence-corrected chi connectivity index (χ0v) is 18.9. The molecule has 1 saturated heterocycles. The summed E-state index contributed by atoms with van der Waals surface area (Å²) in [6, 6.07) is 15.9. The van der Waals surface area contributed by atoms with Crippen LogP contribution in [0.15, 0.2) is 42.5 Å². The topological polar surface area (TPSA) is 84.8 Å². The summed E-state index contributed by atoms with van der Waals surface area (Å²) in [6.07, 6.45) is 1.86. The molecular formula is C26H29N5O. The molecule has 164 valence electrons. The molecule has 6 nitrogen and oxygen atoms in total. The number of rotatable bonds is 5. The van der Waals surface area contributed by atoms with E-state index in [1.54, 1.807) is 0 Å². The molecular weight excluding hydrogens is 398 g/mol. The number of likely N-dealkylation sites (tertiary alicyclic amines) is 1. The molecule has 1 aliphatic rings. The van der Waals surface area contributed by atoms with E-state index in [0.717, 1.165) is 54.3 Å². The number of hydrogen-bond donors (Lipinski definition) is 2. The summed E-state index contributed by atoms with van der Waals surface area (Å²) < 4.78 is 0. The van der Waals surface area contributed by atoms with Gasteiger partial charge in [-0.3, -0.25) is 4.79 Å². The first-order chi connectivity index (χ1) is 15.5.